The van der Waals surface area contributed by atoms with E-state index in [9.17, 15) is 9.90 Å². The average molecular weight is 837 g/mol. The summed E-state index contributed by atoms with van der Waals surface area (Å²) in [6.07, 6.45) is 11.8. The van der Waals surface area contributed by atoms with Gasteiger partial charge in [-0.05, 0) is 168 Å². The molecule has 0 aliphatic carbocycles. The maximum Gasteiger partial charge on any atom is 0.258 e. The van der Waals surface area contributed by atoms with Crippen molar-refractivity contribution in [3.8, 4) is 11.1 Å². The minimum Gasteiger partial charge on any atom is -0.384 e. The molecule has 0 spiro atoms. The quantitative estimate of drug-likeness (QED) is 0.0562. The van der Waals surface area contributed by atoms with Crippen LogP contribution in [-0.4, -0.2) is 78.0 Å². The van der Waals surface area contributed by atoms with Crippen LogP contribution in [0.15, 0.2) is 109 Å². The lowest BCUT2D eigenvalue weighted by Crippen LogP contribution is -2.34. The molecule has 0 radical (unpaired) electrons. The van der Waals surface area contributed by atoms with Gasteiger partial charge in [0.1, 0.15) is 5.82 Å². The van der Waals surface area contributed by atoms with E-state index in [0.717, 1.165) is 105 Å². The fraction of sp³-hybridized carbons (Fsp3) is 0.392. The second kappa shape index (κ2) is 21.0. The largest absolute Gasteiger partial charge is 0.384 e. The number of aliphatic hydroxyl groups excluding tert-OH is 1. The van der Waals surface area contributed by atoms with Gasteiger partial charge in [0.25, 0.3) is 5.91 Å². The lowest BCUT2D eigenvalue weighted by Gasteiger charge is -2.34. The van der Waals surface area contributed by atoms with Gasteiger partial charge in [0.15, 0.2) is 6.29 Å². The molecule has 5 aromatic rings. The van der Waals surface area contributed by atoms with Crippen LogP contribution < -0.4 is 26.7 Å². The highest BCUT2D eigenvalue weighted by atomic mass is 16.7. The third-order valence-electron chi connectivity index (χ3n) is 12.8. The van der Waals surface area contributed by atoms with Crippen LogP contribution in [0.1, 0.15) is 91.0 Å². The van der Waals surface area contributed by atoms with Crippen molar-refractivity contribution in [1.82, 2.24) is 14.9 Å². The lowest BCUT2D eigenvalue weighted by molar-refractivity contribution is -0.107. The summed E-state index contributed by atoms with van der Waals surface area (Å²) in [6, 6.07) is 31.6. The van der Waals surface area contributed by atoms with Crippen LogP contribution in [0.4, 0.5) is 22.9 Å². The van der Waals surface area contributed by atoms with Gasteiger partial charge in [0, 0.05) is 91.0 Å². The molecule has 2 aliphatic rings. The summed E-state index contributed by atoms with van der Waals surface area (Å²) in [5.41, 5.74) is 18.0. The molecule has 2 unspecified atom stereocenters. The molecule has 7 rings (SSSR count). The number of piperidine rings is 2. The summed E-state index contributed by atoms with van der Waals surface area (Å²) in [5, 5.41) is 13.0. The van der Waals surface area contributed by atoms with Crippen molar-refractivity contribution < 1.29 is 14.7 Å². The number of carbonyl (C=O) groups excluding carboxylic acids is 1. The number of pyridine rings is 2. The Morgan fingerprint density at radius 2 is 1.63 bits per heavy atom. The van der Waals surface area contributed by atoms with E-state index in [1.54, 1.807) is 4.90 Å². The minimum absolute atomic E-state index is 0.00389. The van der Waals surface area contributed by atoms with E-state index in [4.69, 9.17) is 11.6 Å². The number of aryl methyl sites for hydroxylation is 1. The number of rotatable bonds is 16. The maximum atomic E-state index is 13.6. The zero-order chi connectivity index (χ0) is 43.6. The number of likely N-dealkylation sites (tertiary alicyclic amines) is 1. The highest BCUT2D eigenvalue weighted by Gasteiger charge is 2.23. The summed E-state index contributed by atoms with van der Waals surface area (Å²) in [5.74, 6) is 6.68. The van der Waals surface area contributed by atoms with Crippen molar-refractivity contribution in [2.75, 3.05) is 60.6 Å². The van der Waals surface area contributed by atoms with E-state index in [2.05, 4.69) is 117 Å². The first kappa shape index (κ1) is 44.5. The molecule has 1 amide bonds. The number of nitrogen functional groups attached to an aromatic ring is 1. The first-order valence-electron chi connectivity index (χ1n) is 22.2. The molecule has 2 saturated heterocycles. The maximum absolute atomic E-state index is 13.6. The highest BCUT2D eigenvalue weighted by Crippen LogP contribution is 2.32. The van der Waals surface area contributed by atoms with Crippen molar-refractivity contribution in [1.29, 1.82) is 0 Å². The molecule has 0 saturated carbocycles. The first-order chi connectivity index (χ1) is 30.0. The SMILES string of the molecule is C/C(=C\c1c(-c2ccc(N)nc2)ccnc1C)CN1CCC(c2ccc(C(=O)N(C)c3ccc(CC4CCN(c5ccc(NC(C)CCC(O)ON)cc5)CC4)cc3)cc2)CC1. The summed E-state index contributed by atoms with van der Waals surface area (Å²) >= 11 is 0. The number of hydrogen-bond acceptors (Lipinski definition) is 10. The van der Waals surface area contributed by atoms with Gasteiger partial charge in [-0.3, -0.25) is 19.5 Å². The summed E-state index contributed by atoms with van der Waals surface area (Å²) in [4.78, 5) is 33.7. The summed E-state index contributed by atoms with van der Waals surface area (Å²) in [7, 11) is 1.87. The monoisotopic (exact) mass is 837 g/mol. The number of nitrogens with zero attached hydrogens (tertiary/aromatic N) is 5. The molecule has 6 N–H and O–H groups in total. The van der Waals surface area contributed by atoms with E-state index in [0.29, 0.717) is 29.6 Å². The number of aliphatic hydroxyl groups is 1. The first-order valence-corrected chi connectivity index (χ1v) is 22.2. The molecule has 4 heterocycles. The van der Waals surface area contributed by atoms with Crippen molar-refractivity contribution in [3.63, 3.8) is 0 Å². The molecule has 2 fully saturated rings. The number of nitrogens with two attached hydrogens (primary N) is 2. The highest BCUT2D eigenvalue weighted by molar-refractivity contribution is 6.05. The van der Waals surface area contributed by atoms with Gasteiger partial charge in [0.2, 0.25) is 0 Å². The molecule has 0 bridgehead atoms. The molecular weight excluding hydrogens is 773 g/mol. The van der Waals surface area contributed by atoms with Gasteiger partial charge < -0.3 is 26.0 Å². The molecule has 326 valence electrons. The Bertz CT molecular complexity index is 2230. The number of aromatic nitrogens is 2. The molecule has 2 atom stereocenters. The van der Waals surface area contributed by atoms with Crippen LogP contribution >= 0.6 is 0 Å². The Balaban J connectivity index is 0.844. The Labute approximate surface area is 367 Å². The Hall–Kier alpha value is -5.59. The normalized spacial score (nSPS) is 16.5. The van der Waals surface area contributed by atoms with Crippen LogP contribution in [0.5, 0.6) is 0 Å². The second-order valence-corrected chi connectivity index (χ2v) is 17.4. The van der Waals surface area contributed by atoms with E-state index in [1.807, 2.05) is 49.8 Å². The Morgan fingerprint density at radius 1 is 0.919 bits per heavy atom. The minimum atomic E-state index is -0.928. The van der Waals surface area contributed by atoms with Gasteiger partial charge in [-0.2, -0.15) is 0 Å². The van der Waals surface area contributed by atoms with Crippen LogP contribution in [0, 0.1) is 12.8 Å². The lowest BCUT2D eigenvalue weighted by atomic mass is 9.88. The zero-order valence-corrected chi connectivity index (χ0v) is 36.8. The molecule has 2 aliphatic heterocycles. The van der Waals surface area contributed by atoms with Crippen molar-refractivity contribution in [3.05, 3.63) is 137 Å². The molecule has 11 nitrogen and oxygen atoms in total. The number of anilines is 4. The zero-order valence-electron chi connectivity index (χ0n) is 36.8. The van der Waals surface area contributed by atoms with E-state index < -0.39 is 6.29 Å². The number of nitrogens with one attached hydrogen (secondary N) is 1. The van der Waals surface area contributed by atoms with Crippen molar-refractivity contribution >= 4 is 34.9 Å². The van der Waals surface area contributed by atoms with Crippen molar-refractivity contribution in [2.45, 2.75) is 84.0 Å². The fourth-order valence-corrected chi connectivity index (χ4v) is 9.02. The molecule has 2 aromatic heterocycles. The summed E-state index contributed by atoms with van der Waals surface area (Å²) in [6.45, 7) is 11.4. The van der Waals surface area contributed by atoms with Crippen LogP contribution in [0.25, 0.3) is 17.2 Å². The third-order valence-corrected chi connectivity index (χ3v) is 12.8. The van der Waals surface area contributed by atoms with Crippen molar-refractivity contribution in [2.24, 2.45) is 11.8 Å². The Kier molecular flexibility index (Phi) is 15.1. The number of carbonyl (C=O) groups is 1. The number of hydrogen-bond donors (Lipinski definition) is 4. The molecular formula is C51H64N8O3. The van der Waals surface area contributed by atoms with Crippen LogP contribution in [0.3, 0.4) is 0 Å². The summed E-state index contributed by atoms with van der Waals surface area (Å²) < 4.78 is 0. The predicted octanol–water partition coefficient (Wildman–Crippen LogP) is 8.84. The molecule has 11 heteroatoms. The standard InChI is InChI=1S/C51H64N8O3/c1-35(31-48-37(3)54-26-21-47(48)43-12-19-49(52)55-33-43)34-58-27-24-41(25-28-58)40-8-10-42(11-9-40)51(61)57(4)45-15-6-38(7-16-45)32-39-22-29-59(30-23-39)46-17-13-44(14-18-46)56-36(2)5-20-50(60)62-53/h6-19,21,26,31,33,36,39,41,50,56,60H,5,20,22-25,27-30,32,34,53H2,1-4H3,(H2,52,55)/b35-31+. The van der Waals surface area contributed by atoms with Gasteiger partial charge in [0.05, 0.1) is 0 Å². The van der Waals surface area contributed by atoms with Crippen LogP contribution in [-0.2, 0) is 11.3 Å². The number of amides is 1. The fourth-order valence-electron chi connectivity index (χ4n) is 9.02. The van der Waals surface area contributed by atoms with E-state index in [1.165, 1.54) is 22.4 Å². The molecule has 62 heavy (non-hydrogen) atoms. The predicted molar refractivity (Wildman–Crippen MR) is 253 cm³/mol. The van der Waals surface area contributed by atoms with Crippen LogP contribution in [0.2, 0.25) is 0 Å². The van der Waals surface area contributed by atoms with Gasteiger partial charge in [-0.1, -0.05) is 35.9 Å². The third kappa shape index (κ3) is 11.7. The van der Waals surface area contributed by atoms with Gasteiger partial charge in [-0.15, -0.1) is 0 Å². The van der Waals surface area contributed by atoms with Gasteiger partial charge >= 0.3 is 0 Å². The second-order valence-electron chi connectivity index (χ2n) is 17.4. The van der Waals surface area contributed by atoms with Gasteiger partial charge in [-0.25, -0.2) is 10.9 Å². The smallest absolute Gasteiger partial charge is 0.258 e. The number of benzene rings is 3. The van der Waals surface area contributed by atoms with E-state index >= 15 is 0 Å². The Morgan fingerprint density at radius 3 is 2.29 bits per heavy atom. The average Bonchev–Trinajstić information content (AvgIpc) is 3.30. The molecule has 3 aromatic carbocycles. The topological polar surface area (TPSA) is 146 Å². The van der Waals surface area contributed by atoms with E-state index in [-0.39, 0.29) is 11.9 Å².